The van der Waals surface area contributed by atoms with Crippen molar-refractivity contribution in [2.24, 2.45) is 0 Å². The second kappa shape index (κ2) is 4.57. The molecule has 1 N–H and O–H groups in total. The summed E-state index contributed by atoms with van der Waals surface area (Å²) in [6, 6.07) is 0. The van der Waals surface area contributed by atoms with Gasteiger partial charge < -0.3 is 10.0 Å². The van der Waals surface area contributed by atoms with Gasteiger partial charge >= 0.3 is 0 Å². The summed E-state index contributed by atoms with van der Waals surface area (Å²) in [5, 5.41) is 9.17. The summed E-state index contributed by atoms with van der Waals surface area (Å²) in [5.74, 6) is -0.244. The average molecular weight is 223 g/mol. The molecular formula is C11H17N3O2. The lowest BCUT2D eigenvalue weighted by atomic mass is 10.0. The third kappa shape index (κ3) is 2.55. The molecule has 0 fully saturated rings. The van der Waals surface area contributed by atoms with Gasteiger partial charge in [-0.15, -0.1) is 0 Å². The van der Waals surface area contributed by atoms with Crippen molar-refractivity contribution < 1.29 is 9.90 Å². The zero-order valence-corrected chi connectivity index (χ0v) is 10.1. The number of aliphatic hydroxyl groups excluding tert-OH is 1. The van der Waals surface area contributed by atoms with Gasteiger partial charge in [-0.05, 0) is 20.8 Å². The molecular weight excluding hydrogens is 206 g/mol. The molecule has 0 saturated carbocycles. The Balaban J connectivity index is 2.90. The molecule has 0 aliphatic heterocycles. The van der Waals surface area contributed by atoms with E-state index >= 15 is 0 Å². The highest BCUT2D eigenvalue weighted by atomic mass is 16.3. The van der Waals surface area contributed by atoms with Crippen LogP contribution in [0.5, 0.6) is 0 Å². The average Bonchev–Trinajstić information content (AvgIpc) is 2.28. The van der Waals surface area contributed by atoms with Crippen LogP contribution in [0.3, 0.4) is 0 Å². The predicted molar refractivity (Wildman–Crippen MR) is 60.0 cm³/mol. The number of aliphatic hydroxyl groups is 1. The summed E-state index contributed by atoms with van der Waals surface area (Å²) in [6.45, 7) is 5.27. The maximum atomic E-state index is 12.0. The first-order valence-corrected chi connectivity index (χ1v) is 5.06. The van der Waals surface area contributed by atoms with Crippen LogP contribution in [-0.4, -0.2) is 45.1 Å². The molecule has 0 bridgehead atoms. The SMILES string of the molecule is Cc1cnc(C(=O)N(C)C(C)(C)CO)cn1. The molecule has 1 rings (SSSR count). The van der Waals surface area contributed by atoms with Crippen molar-refractivity contribution in [1.29, 1.82) is 0 Å². The zero-order chi connectivity index (χ0) is 12.3. The number of hydrogen-bond acceptors (Lipinski definition) is 4. The van der Waals surface area contributed by atoms with Crippen LogP contribution >= 0.6 is 0 Å². The number of hydrogen-bond donors (Lipinski definition) is 1. The lowest BCUT2D eigenvalue weighted by molar-refractivity contribution is 0.0467. The van der Waals surface area contributed by atoms with Crippen LogP contribution in [0.25, 0.3) is 0 Å². The fraction of sp³-hybridized carbons (Fsp3) is 0.545. The summed E-state index contributed by atoms with van der Waals surface area (Å²) >= 11 is 0. The van der Waals surface area contributed by atoms with Crippen molar-refractivity contribution in [3.8, 4) is 0 Å². The van der Waals surface area contributed by atoms with Gasteiger partial charge in [0.25, 0.3) is 5.91 Å². The van der Waals surface area contributed by atoms with Gasteiger partial charge in [-0.3, -0.25) is 9.78 Å². The molecule has 1 aromatic rings. The van der Waals surface area contributed by atoms with Gasteiger partial charge in [0, 0.05) is 13.2 Å². The fourth-order valence-corrected chi connectivity index (χ4v) is 1.06. The van der Waals surface area contributed by atoms with Crippen molar-refractivity contribution in [2.45, 2.75) is 26.3 Å². The topological polar surface area (TPSA) is 66.3 Å². The van der Waals surface area contributed by atoms with Gasteiger partial charge in [0.1, 0.15) is 5.69 Å². The Labute approximate surface area is 95.1 Å². The Bertz CT molecular complexity index is 373. The highest BCUT2D eigenvalue weighted by Crippen LogP contribution is 2.13. The fourth-order valence-electron chi connectivity index (χ4n) is 1.06. The van der Waals surface area contributed by atoms with E-state index in [1.165, 1.54) is 11.1 Å². The molecule has 0 aliphatic carbocycles. The summed E-state index contributed by atoms with van der Waals surface area (Å²) in [5.41, 5.74) is 0.444. The van der Waals surface area contributed by atoms with E-state index in [2.05, 4.69) is 9.97 Å². The number of carbonyl (C=O) groups excluding carboxylic acids is 1. The molecule has 0 radical (unpaired) electrons. The molecule has 0 aliphatic rings. The molecule has 0 unspecified atom stereocenters. The van der Waals surface area contributed by atoms with Crippen LogP contribution in [0.4, 0.5) is 0 Å². The predicted octanol–water partition coefficient (Wildman–Crippen LogP) is 0.628. The normalized spacial score (nSPS) is 11.3. The Morgan fingerprint density at radius 2 is 2.06 bits per heavy atom. The number of aryl methyl sites for hydroxylation is 1. The highest BCUT2D eigenvalue weighted by Gasteiger charge is 2.28. The standard InChI is InChI=1S/C11H17N3O2/c1-8-5-13-9(6-12-8)10(16)14(4)11(2,3)7-15/h5-6,15H,7H2,1-4H3. The van der Waals surface area contributed by atoms with E-state index in [9.17, 15) is 9.90 Å². The minimum absolute atomic E-state index is 0.103. The number of rotatable bonds is 3. The molecule has 88 valence electrons. The zero-order valence-electron chi connectivity index (χ0n) is 10.1. The molecule has 0 aromatic carbocycles. The smallest absolute Gasteiger partial charge is 0.274 e. The second-order valence-electron chi connectivity index (χ2n) is 4.38. The molecule has 0 spiro atoms. The first-order valence-electron chi connectivity index (χ1n) is 5.06. The van der Waals surface area contributed by atoms with E-state index < -0.39 is 5.54 Å². The second-order valence-corrected chi connectivity index (χ2v) is 4.38. The number of aromatic nitrogens is 2. The van der Waals surface area contributed by atoms with Gasteiger partial charge in [0.15, 0.2) is 0 Å². The van der Waals surface area contributed by atoms with Crippen LogP contribution in [0.1, 0.15) is 30.0 Å². The molecule has 1 heterocycles. The van der Waals surface area contributed by atoms with Crippen molar-refractivity contribution in [1.82, 2.24) is 14.9 Å². The van der Waals surface area contributed by atoms with Gasteiger partial charge in [0.05, 0.1) is 24.0 Å². The lowest BCUT2D eigenvalue weighted by Crippen LogP contribution is -2.47. The van der Waals surface area contributed by atoms with Crippen LogP contribution in [0, 0.1) is 6.92 Å². The van der Waals surface area contributed by atoms with Crippen LogP contribution in [0.2, 0.25) is 0 Å². The Hall–Kier alpha value is -1.49. The van der Waals surface area contributed by atoms with Crippen LogP contribution < -0.4 is 0 Å². The number of nitrogens with zero attached hydrogens (tertiary/aromatic N) is 3. The maximum Gasteiger partial charge on any atom is 0.274 e. The number of amides is 1. The van der Waals surface area contributed by atoms with Gasteiger partial charge in [-0.2, -0.15) is 0 Å². The summed E-state index contributed by atoms with van der Waals surface area (Å²) in [7, 11) is 1.64. The van der Waals surface area contributed by atoms with Crippen molar-refractivity contribution in [3.05, 3.63) is 23.8 Å². The van der Waals surface area contributed by atoms with Gasteiger partial charge in [-0.25, -0.2) is 4.98 Å². The molecule has 16 heavy (non-hydrogen) atoms. The van der Waals surface area contributed by atoms with Gasteiger partial charge in [-0.1, -0.05) is 0 Å². The monoisotopic (exact) mass is 223 g/mol. The molecule has 0 atom stereocenters. The lowest BCUT2D eigenvalue weighted by Gasteiger charge is -2.33. The Kier molecular flexibility index (Phi) is 3.59. The van der Waals surface area contributed by atoms with E-state index in [4.69, 9.17) is 0 Å². The van der Waals surface area contributed by atoms with E-state index in [-0.39, 0.29) is 18.2 Å². The minimum Gasteiger partial charge on any atom is -0.394 e. The summed E-state index contributed by atoms with van der Waals surface area (Å²) in [4.78, 5) is 21.5. The van der Waals surface area contributed by atoms with E-state index in [0.29, 0.717) is 0 Å². The summed E-state index contributed by atoms with van der Waals surface area (Å²) < 4.78 is 0. The van der Waals surface area contributed by atoms with Crippen LogP contribution in [0.15, 0.2) is 12.4 Å². The quantitative estimate of drug-likeness (QED) is 0.816. The van der Waals surface area contributed by atoms with Crippen LogP contribution in [-0.2, 0) is 0 Å². The highest BCUT2D eigenvalue weighted by molar-refractivity contribution is 5.92. The summed E-state index contributed by atoms with van der Waals surface area (Å²) in [6.07, 6.45) is 2.99. The molecule has 5 heteroatoms. The molecule has 1 aromatic heterocycles. The maximum absolute atomic E-state index is 12.0. The number of likely N-dealkylation sites (N-methyl/N-ethyl adjacent to an activating group) is 1. The van der Waals surface area contributed by atoms with Crippen molar-refractivity contribution >= 4 is 5.91 Å². The van der Waals surface area contributed by atoms with Gasteiger partial charge in [0.2, 0.25) is 0 Å². The molecule has 1 amide bonds. The van der Waals surface area contributed by atoms with Crippen molar-refractivity contribution in [3.63, 3.8) is 0 Å². The third-order valence-electron chi connectivity index (χ3n) is 2.60. The molecule has 0 saturated heterocycles. The van der Waals surface area contributed by atoms with E-state index in [1.807, 2.05) is 6.92 Å². The first-order chi connectivity index (χ1) is 7.38. The number of carbonyl (C=O) groups is 1. The largest absolute Gasteiger partial charge is 0.394 e. The van der Waals surface area contributed by atoms with Crippen molar-refractivity contribution in [2.75, 3.05) is 13.7 Å². The Morgan fingerprint density at radius 1 is 1.44 bits per heavy atom. The third-order valence-corrected chi connectivity index (χ3v) is 2.60. The van der Waals surface area contributed by atoms with E-state index in [1.54, 1.807) is 27.1 Å². The van der Waals surface area contributed by atoms with E-state index in [0.717, 1.165) is 5.69 Å². The minimum atomic E-state index is -0.607. The Morgan fingerprint density at radius 3 is 2.50 bits per heavy atom. The molecule has 5 nitrogen and oxygen atoms in total. The first kappa shape index (κ1) is 12.6.